The van der Waals surface area contributed by atoms with Gasteiger partial charge in [-0.1, -0.05) is 0 Å². The molecule has 102 valence electrons. The summed E-state index contributed by atoms with van der Waals surface area (Å²) in [7, 11) is -3.05. The number of hydrogen-bond donors (Lipinski definition) is 1. The zero-order chi connectivity index (χ0) is 11.8. The average Bonchev–Trinajstić information content (AvgIpc) is 2.64. The summed E-state index contributed by atoms with van der Waals surface area (Å²) in [5.74, 6) is 0. The second kappa shape index (κ2) is 5.43. The van der Waals surface area contributed by atoms with E-state index in [0.717, 1.165) is 26.1 Å². The SMILES string of the molecule is CC(C)S(=O)(=O)N1CCC2(CCCNC2)C1.Cl. The summed E-state index contributed by atoms with van der Waals surface area (Å²) in [5.41, 5.74) is 0.222. The minimum absolute atomic E-state index is 0. The quantitative estimate of drug-likeness (QED) is 0.829. The van der Waals surface area contributed by atoms with Crippen molar-refractivity contribution in [3.8, 4) is 0 Å². The molecule has 2 fully saturated rings. The number of piperidine rings is 1. The molecule has 1 N–H and O–H groups in total. The summed E-state index contributed by atoms with van der Waals surface area (Å²) in [6, 6.07) is 0. The van der Waals surface area contributed by atoms with Crippen molar-refractivity contribution in [1.29, 1.82) is 0 Å². The van der Waals surface area contributed by atoms with E-state index in [1.54, 1.807) is 18.2 Å². The number of nitrogens with one attached hydrogen (secondary N) is 1. The molecule has 2 saturated heterocycles. The fourth-order valence-electron chi connectivity index (χ4n) is 2.79. The van der Waals surface area contributed by atoms with Gasteiger partial charge >= 0.3 is 0 Å². The largest absolute Gasteiger partial charge is 0.316 e. The predicted octanol–water partition coefficient (Wildman–Crippen LogP) is 1.22. The van der Waals surface area contributed by atoms with Gasteiger partial charge in [-0.25, -0.2) is 12.7 Å². The Morgan fingerprint density at radius 1 is 1.29 bits per heavy atom. The molecule has 17 heavy (non-hydrogen) atoms. The third kappa shape index (κ3) is 2.95. The summed E-state index contributed by atoms with van der Waals surface area (Å²) in [4.78, 5) is 0. The van der Waals surface area contributed by atoms with Crippen molar-refractivity contribution in [2.45, 2.75) is 38.4 Å². The lowest BCUT2D eigenvalue weighted by atomic mass is 9.80. The molecule has 0 aromatic rings. The van der Waals surface area contributed by atoms with Crippen molar-refractivity contribution in [1.82, 2.24) is 9.62 Å². The zero-order valence-electron chi connectivity index (χ0n) is 10.6. The molecule has 0 aromatic carbocycles. The molecule has 2 heterocycles. The van der Waals surface area contributed by atoms with Crippen LogP contribution in [0.1, 0.15) is 33.1 Å². The van der Waals surface area contributed by atoms with E-state index in [1.807, 2.05) is 0 Å². The van der Waals surface area contributed by atoms with E-state index in [-0.39, 0.29) is 23.1 Å². The lowest BCUT2D eigenvalue weighted by molar-refractivity contribution is 0.224. The lowest BCUT2D eigenvalue weighted by Gasteiger charge is -2.34. The van der Waals surface area contributed by atoms with Gasteiger partial charge in [0.05, 0.1) is 5.25 Å². The summed E-state index contributed by atoms with van der Waals surface area (Å²) in [5, 5.41) is 3.10. The topological polar surface area (TPSA) is 49.4 Å². The van der Waals surface area contributed by atoms with Crippen LogP contribution in [0.2, 0.25) is 0 Å². The second-order valence-electron chi connectivity index (χ2n) is 5.46. The third-order valence-electron chi connectivity index (χ3n) is 3.92. The van der Waals surface area contributed by atoms with Gasteiger partial charge in [-0.05, 0) is 45.1 Å². The van der Waals surface area contributed by atoms with Crippen LogP contribution in [0, 0.1) is 5.41 Å². The Kier molecular flexibility index (Phi) is 4.86. The van der Waals surface area contributed by atoms with E-state index in [9.17, 15) is 8.42 Å². The maximum absolute atomic E-state index is 12.1. The summed E-state index contributed by atoms with van der Waals surface area (Å²) in [6.45, 7) is 7.03. The van der Waals surface area contributed by atoms with Crippen LogP contribution >= 0.6 is 12.4 Å². The van der Waals surface area contributed by atoms with Gasteiger partial charge in [-0.15, -0.1) is 12.4 Å². The molecule has 2 aliphatic rings. The highest BCUT2D eigenvalue weighted by Gasteiger charge is 2.43. The van der Waals surface area contributed by atoms with Crippen LogP contribution < -0.4 is 5.32 Å². The minimum Gasteiger partial charge on any atom is -0.316 e. The first-order valence-electron chi connectivity index (χ1n) is 6.16. The van der Waals surface area contributed by atoms with Crippen molar-refractivity contribution < 1.29 is 8.42 Å². The number of rotatable bonds is 2. The van der Waals surface area contributed by atoms with Gasteiger partial charge in [0.2, 0.25) is 10.0 Å². The van der Waals surface area contributed by atoms with Crippen molar-refractivity contribution in [2.75, 3.05) is 26.2 Å². The van der Waals surface area contributed by atoms with Crippen molar-refractivity contribution in [3.05, 3.63) is 0 Å². The molecule has 4 nitrogen and oxygen atoms in total. The Morgan fingerprint density at radius 2 is 2.00 bits per heavy atom. The van der Waals surface area contributed by atoms with Gasteiger partial charge in [-0.2, -0.15) is 0 Å². The van der Waals surface area contributed by atoms with Crippen LogP contribution in [0.4, 0.5) is 0 Å². The lowest BCUT2D eigenvalue weighted by Crippen LogP contribution is -2.43. The average molecular weight is 283 g/mol. The molecule has 6 heteroatoms. The molecule has 0 bridgehead atoms. The van der Waals surface area contributed by atoms with Gasteiger partial charge in [0, 0.05) is 19.6 Å². The van der Waals surface area contributed by atoms with Crippen LogP contribution in [-0.4, -0.2) is 44.2 Å². The van der Waals surface area contributed by atoms with Gasteiger partial charge in [0.15, 0.2) is 0 Å². The Balaban J connectivity index is 0.00000144. The molecular formula is C11H23ClN2O2S. The molecule has 0 saturated carbocycles. The molecule has 0 radical (unpaired) electrons. The number of hydrogen-bond acceptors (Lipinski definition) is 3. The Bertz CT molecular complexity index is 350. The van der Waals surface area contributed by atoms with Gasteiger partial charge < -0.3 is 5.32 Å². The normalized spacial score (nSPS) is 30.8. The van der Waals surface area contributed by atoms with Gasteiger partial charge in [0.25, 0.3) is 0 Å². The summed E-state index contributed by atoms with van der Waals surface area (Å²) in [6.07, 6.45) is 3.37. The van der Waals surface area contributed by atoms with Gasteiger partial charge in [-0.3, -0.25) is 0 Å². The maximum Gasteiger partial charge on any atom is 0.216 e. The highest BCUT2D eigenvalue weighted by molar-refractivity contribution is 7.89. The molecule has 0 amide bonds. The van der Waals surface area contributed by atoms with Crippen molar-refractivity contribution >= 4 is 22.4 Å². The Labute approximate surface area is 111 Å². The predicted molar refractivity (Wildman–Crippen MR) is 72.0 cm³/mol. The van der Waals surface area contributed by atoms with Crippen LogP contribution in [0.5, 0.6) is 0 Å². The molecule has 1 unspecified atom stereocenters. The van der Waals surface area contributed by atoms with E-state index in [2.05, 4.69) is 5.32 Å². The Morgan fingerprint density at radius 3 is 2.53 bits per heavy atom. The minimum atomic E-state index is -3.05. The van der Waals surface area contributed by atoms with E-state index in [4.69, 9.17) is 0 Å². The van der Waals surface area contributed by atoms with Gasteiger partial charge in [0.1, 0.15) is 0 Å². The van der Waals surface area contributed by atoms with Crippen LogP contribution in [0.3, 0.4) is 0 Å². The fourth-order valence-corrected chi connectivity index (χ4v) is 4.18. The van der Waals surface area contributed by atoms with Crippen LogP contribution in [-0.2, 0) is 10.0 Å². The monoisotopic (exact) mass is 282 g/mol. The first-order valence-corrected chi connectivity index (χ1v) is 7.66. The standard InChI is InChI=1S/C11H22N2O2S.ClH/c1-10(2)16(14,15)13-7-5-11(9-13)4-3-6-12-8-11;/h10,12H,3-9H2,1-2H3;1H. The van der Waals surface area contributed by atoms with Crippen LogP contribution in [0.15, 0.2) is 0 Å². The maximum atomic E-state index is 12.1. The molecule has 0 aliphatic carbocycles. The van der Waals surface area contributed by atoms with Crippen molar-refractivity contribution in [2.24, 2.45) is 5.41 Å². The molecule has 0 aromatic heterocycles. The number of nitrogens with zero attached hydrogens (tertiary/aromatic N) is 1. The Hall–Kier alpha value is 0.160. The highest BCUT2D eigenvalue weighted by atomic mass is 35.5. The third-order valence-corrected chi connectivity index (χ3v) is 6.14. The highest BCUT2D eigenvalue weighted by Crippen LogP contribution is 2.37. The van der Waals surface area contributed by atoms with E-state index < -0.39 is 10.0 Å². The molecule has 1 atom stereocenters. The molecule has 2 rings (SSSR count). The van der Waals surface area contributed by atoms with E-state index in [0.29, 0.717) is 6.54 Å². The fraction of sp³-hybridized carbons (Fsp3) is 1.00. The first-order chi connectivity index (χ1) is 7.46. The second-order valence-corrected chi connectivity index (χ2v) is 7.95. The summed E-state index contributed by atoms with van der Waals surface area (Å²) < 4.78 is 25.8. The van der Waals surface area contributed by atoms with Crippen LogP contribution in [0.25, 0.3) is 0 Å². The number of sulfonamides is 1. The van der Waals surface area contributed by atoms with E-state index >= 15 is 0 Å². The number of halogens is 1. The molecular weight excluding hydrogens is 260 g/mol. The summed E-state index contributed by atoms with van der Waals surface area (Å²) >= 11 is 0. The molecule has 2 aliphatic heterocycles. The zero-order valence-corrected chi connectivity index (χ0v) is 12.2. The smallest absolute Gasteiger partial charge is 0.216 e. The van der Waals surface area contributed by atoms with E-state index in [1.165, 1.54) is 12.8 Å². The first kappa shape index (κ1) is 15.2. The van der Waals surface area contributed by atoms with Crippen molar-refractivity contribution in [3.63, 3.8) is 0 Å². The molecule has 1 spiro atoms.